The van der Waals surface area contributed by atoms with Gasteiger partial charge in [0.1, 0.15) is 12.4 Å². The average molecular weight is 289 g/mol. The molecule has 0 bridgehead atoms. The largest absolute Gasteiger partial charge is 0.491 e. The highest BCUT2D eigenvalue weighted by molar-refractivity contribution is 6.31. The average Bonchev–Trinajstić information content (AvgIpc) is 2.85. The lowest BCUT2D eigenvalue weighted by atomic mass is 10.1. The third-order valence-electron chi connectivity index (χ3n) is 3.27. The maximum Gasteiger partial charge on any atom is 0.254 e. The highest BCUT2D eigenvalue weighted by Crippen LogP contribution is 2.32. The summed E-state index contributed by atoms with van der Waals surface area (Å²) in [5.74, 6) is 0.548. The SMILES string of the molecule is Nc1ccc(Cl)cc1C(=O)NC1COc2ccccc21. The van der Waals surface area contributed by atoms with Gasteiger partial charge in [0.05, 0.1) is 11.6 Å². The van der Waals surface area contributed by atoms with Crippen molar-refractivity contribution in [3.05, 3.63) is 58.6 Å². The number of hydrogen-bond acceptors (Lipinski definition) is 3. The van der Waals surface area contributed by atoms with Crippen LogP contribution in [-0.4, -0.2) is 12.5 Å². The van der Waals surface area contributed by atoms with Crippen LogP contribution in [0.3, 0.4) is 0 Å². The zero-order valence-electron chi connectivity index (χ0n) is 10.6. The maximum absolute atomic E-state index is 12.3. The van der Waals surface area contributed by atoms with E-state index < -0.39 is 0 Å². The van der Waals surface area contributed by atoms with Crippen molar-refractivity contribution in [1.29, 1.82) is 0 Å². The number of nitrogens with one attached hydrogen (secondary N) is 1. The Balaban J connectivity index is 1.82. The van der Waals surface area contributed by atoms with Gasteiger partial charge in [-0.15, -0.1) is 0 Å². The number of nitrogen functional groups attached to an aromatic ring is 1. The molecule has 20 heavy (non-hydrogen) atoms. The molecule has 0 radical (unpaired) electrons. The quantitative estimate of drug-likeness (QED) is 0.835. The summed E-state index contributed by atoms with van der Waals surface area (Å²) in [6.07, 6.45) is 0. The van der Waals surface area contributed by atoms with Crippen LogP contribution in [0.5, 0.6) is 5.75 Å². The van der Waals surface area contributed by atoms with Crippen molar-refractivity contribution >= 4 is 23.2 Å². The molecule has 3 N–H and O–H groups in total. The zero-order chi connectivity index (χ0) is 14.1. The van der Waals surface area contributed by atoms with Crippen LogP contribution in [-0.2, 0) is 0 Å². The van der Waals surface area contributed by atoms with Gasteiger partial charge in [0.15, 0.2) is 0 Å². The van der Waals surface area contributed by atoms with Crippen LogP contribution in [0.1, 0.15) is 22.0 Å². The molecule has 0 aromatic heterocycles. The highest BCUT2D eigenvalue weighted by Gasteiger charge is 2.26. The van der Waals surface area contributed by atoms with Crippen molar-refractivity contribution in [2.75, 3.05) is 12.3 Å². The van der Waals surface area contributed by atoms with Crippen LogP contribution < -0.4 is 15.8 Å². The van der Waals surface area contributed by atoms with Gasteiger partial charge >= 0.3 is 0 Å². The van der Waals surface area contributed by atoms with Gasteiger partial charge in [-0.1, -0.05) is 29.8 Å². The number of para-hydroxylation sites is 1. The summed E-state index contributed by atoms with van der Waals surface area (Å²) in [6.45, 7) is 0.422. The van der Waals surface area contributed by atoms with Gasteiger partial charge in [-0.2, -0.15) is 0 Å². The van der Waals surface area contributed by atoms with Crippen LogP contribution in [0.15, 0.2) is 42.5 Å². The van der Waals surface area contributed by atoms with Crippen molar-refractivity contribution in [3.8, 4) is 5.75 Å². The monoisotopic (exact) mass is 288 g/mol. The minimum atomic E-state index is -0.254. The van der Waals surface area contributed by atoms with Crippen LogP contribution in [0.25, 0.3) is 0 Å². The lowest BCUT2D eigenvalue weighted by molar-refractivity contribution is 0.0931. The molecule has 2 aromatic rings. The second-order valence-corrected chi connectivity index (χ2v) is 5.04. The van der Waals surface area contributed by atoms with Gasteiger partial charge in [-0.05, 0) is 24.3 Å². The summed E-state index contributed by atoms with van der Waals surface area (Å²) in [6, 6.07) is 12.3. The van der Waals surface area contributed by atoms with E-state index in [1.165, 1.54) is 0 Å². The van der Waals surface area contributed by atoms with E-state index in [0.29, 0.717) is 22.9 Å². The number of halogens is 1. The molecule has 102 valence electrons. The molecular formula is C15H13ClN2O2. The van der Waals surface area contributed by atoms with Crippen LogP contribution in [0.4, 0.5) is 5.69 Å². The summed E-state index contributed by atoms with van der Waals surface area (Å²) in [5, 5.41) is 3.40. The number of amides is 1. The Kier molecular flexibility index (Phi) is 3.24. The number of fused-ring (bicyclic) bond motifs is 1. The molecule has 0 spiro atoms. The normalized spacial score (nSPS) is 16.4. The molecule has 1 aliphatic rings. The van der Waals surface area contributed by atoms with Crippen LogP contribution >= 0.6 is 11.6 Å². The Hall–Kier alpha value is -2.20. The zero-order valence-corrected chi connectivity index (χ0v) is 11.4. The van der Waals surface area contributed by atoms with Crippen molar-refractivity contribution < 1.29 is 9.53 Å². The fraction of sp³-hybridized carbons (Fsp3) is 0.133. The van der Waals surface area contributed by atoms with Crippen LogP contribution in [0.2, 0.25) is 5.02 Å². The lowest BCUT2D eigenvalue weighted by Gasteiger charge is -2.13. The smallest absolute Gasteiger partial charge is 0.254 e. The van der Waals surface area contributed by atoms with E-state index in [4.69, 9.17) is 22.1 Å². The van der Waals surface area contributed by atoms with Gasteiger partial charge < -0.3 is 15.8 Å². The number of nitrogens with two attached hydrogens (primary N) is 1. The molecule has 0 fully saturated rings. The van der Waals surface area contributed by atoms with Crippen molar-refractivity contribution in [2.45, 2.75) is 6.04 Å². The fourth-order valence-electron chi connectivity index (χ4n) is 2.24. The second-order valence-electron chi connectivity index (χ2n) is 4.61. The first kappa shape index (κ1) is 12.8. The van der Waals surface area contributed by atoms with E-state index in [0.717, 1.165) is 11.3 Å². The van der Waals surface area contributed by atoms with E-state index >= 15 is 0 Å². The third-order valence-corrected chi connectivity index (χ3v) is 3.50. The van der Waals surface area contributed by atoms with Crippen molar-refractivity contribution in [2.24, 2.45) is 0 Å². The molecular weight excluding hydrogens is 276 g/mol. The summed E-state index contributed by atoms with van der Waals surface area (Å²) in [5.41, 5.74) is 7.56. The summed E-state index contributed by atoms with van der Waals surface area (Å²) < 4.78 is 5.53. The molecule has 1 amide bonds. The first-order chi connectivity index (χ1) is 9.65. The molecule has 0 saturated carbocycles. The predicted octanol–water partition coefficient (Wildman–Crippen LogP) is 2.79. The summed E-state index contributed by atoms with van der Waals surface area (Å²) in [7, 11) is 0. The van der Waals surface area contributed by atoms with Gasteiger partial charge in [0, 0.05) is 16.3 Å². The highest BCUT2D eigenvalue weighted by atomic mass is 35.5. The molecule has 4 nitrogen and oxygen atoms in total. The number of benzene rings is 2. The van der Waals surface area contributed by atoms with Crippen molar-refractivity contribution in [3.63, 3.8) is 0 Å². The van der Waals surface area contributed by atoms with Gasteiger partial charge in [-0.3, -0.25) is 4.79 Å². The molecule has 1 aliphatic heterocycles. The van der Waals surface area contributed by atoms with E-state index in [1.54, 1.807) is 18.2 Å². The molecule has 1 unspecified atom stereocenters. The predicted molar refractivity (Wildman–Crippen MR) is 78.0 cm³/mol. The number of ether oxygens (including phenoxy) is 1. The standard InChI is InChI=1S/C15H13ClN2O2/c16-9-5-6-12(17)11(7-9)15(19)18-13-8-20-14-4-2-1-3-10(13)14/h1-7,13H,8,17H2,(H,18,19). The van der Waals surface area contributed by atoms with Crippen molar-refractivity contribution in [1.82, 2.24) is 5.32 Å². The molecule has 2 aromatic carbocycles. The maximum atomic E-state index is 12.3. The number of hydrogen-bond donors (Lipinski definition) is 2. The molecule has 0 aliphatic carbocycles. The van der Waals surface area contributed by atoms with E-state index in [-0.39, 0.29) is 11.9 Å². The van der Waals surface area contributed by atoms with E-state index in [9.17, 15) is 4.79 Å². The number of carbonyl (C=O) groups excluding carboxylic acids is 1. The molecule has 3 rings (SSSR count). The number of anilines is 1. The van der Waals surface area contributed by atoms with Gasteiger partial charge in [0.2, 0.25) is 0 Å². The number of rotatable bonds is 2. The minimum absolute atomic E-state index is 0.169. The Bertz CT molecular complexity index is 673. The number of carbonyl (C=O) groups is 1. The van der Waals surface area contributed by atoms with Gasteiger partial charge in [0.25, 0.3) is 5.91 Å². The first-order valence-corrected chi connectivity index (χ1v) is 6.60. The molecule has 0 saturated heterocycles. The second kappa shape index (κ2) is 5.06. The third kappa shape index (κ3) is 2.30. The minimum Gasteiger partial charge on any atom is -0.491 e. The molecule has 1 heterocycles. The van der Waals surface area contributed by atoms with Gasteiger partial charge in [-0.25, -0.2) is 0 Å². The summed E-state index contributed by atoms with van der Waals surface area (Å²) >= 11 is 5.90. The topological polar surface area (TPSA) is 64.4 Å². The molecule has 5 heteroatoms. The Morgan fingerprint density at radius 3 is 2.95 bits per heavy atom. The van der Waals surface area contributed by atoms with Crippen LogP contribution in [0, 0.1) is 0 Å². The van der Waals surface area contributed by atoms with E-state index in [2.05, 4.69) is 5.32 Å². The fourth-order valence-corrected chi connectivity index (χ4v) is 2.42. The Labute approximate surface area is 121 Å². The lowest BCUT2D eigenvalue weighted by Crippen LogP contribution is -2.30. The Morgan fingerprint density at radius 1 is 1.30 bits per heavy atom. The van der Waals surface area contributed by atoms with E-state index in [1.807, 2.05) is 24.3 Å². The first-order valence-electron chi connectivity index (χ1n) is 6.23. The summed E-state index contributed by atoms with van der Waals surface area (Å²) in [4.78, 5) is 12.3. The molecule has 1 atom stereocenters. The Morgan fingerprint density at radius 2 is 2.10 bits per heavy atom.